The van der Waals surface area contributed by atoms with E-state index in [-0.39, 0.29) is 23.7 Å². The number of hydrogen-bond acceptors (Lipinski definition) is 5. The first-order valence-electron chi connectivity index (χ1n) is 12.2. The quantitative estimate of drug-likeness (QED) is 0.390. The number of esters is 1. The topological polar surface area (TPSA) is 72.5 Å². The Kier molecular flexibility index (Phi) is 4.43. The lowest BCUT2D eigenvalue weighted by Crippen LogP contribution is -2.46. The number of nitrogens with one attached hydrogen (secondary N) is 1. The summed E-state index contributed by atoms with van der Waals surface area (Å²) in [6, 6.07) is 27.9. The van der Waals surface area contributed by atoms with Gasteiger partial charge < -0.3 is 10.1 Å². The number of allylic oxidation sites excluding steroid dienone is 2. The normalized spacial score (nSPS) is 19.4. The van der Waals surface area contributed by atoms with Crippen LogP contribution >= 0.6 is 0 Å². The first-order chi connectivity index (χ1) is 18.0. The first kappa shape index (κ1) is 21.5. The van der Waals surface area contributed by atoms with E-state index in [9.17, 15) is 14.4 Å². The summed E-state index contributed by atoms with van der Waals surface area (Å²) in [5, 5.41) is 4.97. The molecular weight excluding hydrogens is 462 g/mol. The van der Waals surface area contributed by atoms with Crippen molar-refractivity contribution in [1.29, 1.82) is 0 Å². The van der Waals surface area contributed by atoms with Crippen molar-refractivity contribution in [2.24, 2.45) is 0 Å². The molecule has 0 bridgehead atoms. The second-order valence-electron chi connectivity index (χ2n) is 9.60. The van der Waals surface area contributed by atoms with Gasteiger partial charge in [-0.05, 0) is 28.8 Å². The Morgan fingerprint density at radius 1 is 0.811 bits per heavy atom. The Morgan fingerprint density at radius 2 is 1.49 bits per heavy atom. The average molecular weight is 484 g/mol. The van der Waals surface area contributed by atoms with Gasteiger partial charge in [0.25, 0.3) is 0 Å². The summed E-state index contributed by atoms with van der Waals surface area (Å²) < 4.78 is 5.81. The van der Waals surface area contributed by atoms with E-state index in [4.69, 9.17) is 4.74 Å². The summed E-state index contributed by atoms with van der Waals surface area (Å²) in [6.07, 6.45) is 0. The monoisotopic (exact) mass is 483 g/mol. The Hall–Kier alpha value is -4.77. The van der Waals surface area contributed by atoms with Crippen LogP contribution in [0.5, 0.6) is 0 Å². The summed E-state index contributed by atoms with van der Waals surface area (Å²) in [4.78, 5) is 42.5. The Balaban J connectivity index is 1.48. The van der Waals surface area contributed by atoms with Crippen LogP contribution in [-0.4, -0.2) is 17.5 Å². The molecule has 0 fully saturated rings. The molecule has 1 spiro atoms. The minimum absolute atomic E-state index is 0.0535. The van der Waals surface area contributed by atoms with E-state index in [2.05, 4.69) is 5.32 Å². The maximum absolute atomic E-state index is 14.6. The van der Waals surface area contributed by atoms with Crippen LogP contribution in [0.1, 0.15) is 44.3 Å². The largest absolute Gasteiger partial charge is 0.457 e. The zero-order valence-corrected chi connectivity index (χ0v) is 20.0. The van der Waals surface area contributed by atoms with Gasteiger partial charge in [-0.25, -0.2) is 4.79 Å². The van der Waals surface area contributed by atoms with Crippen molar-refractivity contribution in [3.63, 3.8) is 0 Å². The highest BCUT2D eigenvalue weighted by Gasteiger charge is 2.61. The molecule has 3 aliphatic rings. The van der Waals surface area contributed by atoms with Gasteiger partial charge in [0.05, 0.1) is 11.3 Å². The maximum Gasteiger partial charge on any atom is 0.337 e. The molecule has 0 amide bonds. The number of rotatable bonds is 3. The van der Waals surface area contributed by atoms with E-state index < -0.39 is 11.4 Å². The van der Waals surface area contributed by atoms with Gasteiger partial charge in [-0.1, -0.05) is 91.0 Å². The highest BCUT2D eigenvalue weighted by molar-refractivity contribution is 6.35. The second-order valence-corrected chi connectivity index (χ2v) is 9.60. The molecule has 178 valence electrons. The third-order valence-electron chi connectivity index (χ3n) is 7.67. The lowest BCUT2D eigenvalue weighted by atomic mass is 9.64. The highest BCUT2D eigenvalue weighted by atomic mass is 16.5. The number of benzene rings is 4. The van der Waals surface area contributed by atoms with E-state index in [1.807, 2.05) is 78.9 Å². The molecule has 0 saturated heterocycles. The fraction of sp³-hybridized carbons (Fsp3) is 0.0938. The van der Waals surface area contributed by atoms with Gasteiger partial charge in [0.2, 0.25) is 0 Å². The number of carbonyl (C=O) groups is 3. The fourth-order valence-corrected chi connectivity index (χ4v) is 6.19. The van der Waals surface area contributed by atoms with E-state index >= 15 is 0 Å². The molecular formula is C32H21NO4. The summed E-state index contributed by atoms with van der Waals surface area (Å²) in [5.74, 6) is -1.15. The predicted octanol–water partition coefficient (Wildman–Crippen LogP) is 5.50. The maximum atomic E-state index is 14.6. The molecule has 4 aromatic carbocycles. The van der Waals surface area contributed by atoms with Gasteiger partial charge in [-0.2, -0.15) is 0 Å². The van der Waals surface area contributed by atoms with E-state index in [0.717, 1.165) is 21.9 Å². The number of carbonyl (C=O) groups excluding carboxylic acids is 3. The van der Waals surface area contributed by atoms with Crippen LogP contribution in [0.2, 0.25) is 0 Å². The first-order valence-corrected chi connectivity index (χ1v) is 12.2. The second kappa shape index (κ2) is 7.61. The molecule has 1 unspecified atom stereocenters. The van der Waals surface area contributed by atoms with Gasteiger partial charge in [-0.15, -0.1) is 0 Å². The summed E-state index contributed by atoms with van der Waals surface area (Å²) in [5.41, 5.74) is 3.17. The third-order valence-corrected chi connectivity index (χ3v) is 7.67. The van der Waals surface area contributed by atoms with E-state index in [0.29, 0.717) is 33.7 Å². The number of hydrogen-bond donors (Lipinski definition) is 1. The summed E-state index contributed by atoms with van der Waals surface area (Å²) in [7, 11) is 0. The van der Waals surface area contributed by atoms with E-state index in [1.165, 1.54) is 0 Å². The molecule has 1 aliphatic heterocycles. The Bertz CT molecular complexity index is 1760. The van der Waals surface area contributed by atoms with Crippen LogP contribution in [0.3, 0.4) is 0 Å². The van der Waals surface area contributed by atoms with Crippen molar-refractivity contribution < 1.29 is 19.1 Å². The van der Waals surface area contributed by atoms with Gasteiger partial charge in [-0.3, -0.25) is 9.59 Å². The summed E-state index contributed by atoms with van der Waals surface area (Å²) >= 11 is 0. The number of Topliss-reactive ketones (excluding diaryl/α,β-unsaturated/α-hetero) is 2. The smallest absolute Gasteiger partial charge is 0.337 e. The Labute approximate surface area is 213 Å². The van der Waals surface area contributed by atoms with Crippen LogP contribution in [0.4, 0.5) is 0 Å². The zero-order valence-electron chi connectivity index (χ0n) is 20.0. The molecule has 4 aromatic rings. The lowest BCUT2D eigenvalue weighted by molar-refractivity contribution is -0.141. The van der Waals surface area contributed by atoms with Crippen LogP contribution < -0.4 is 5.32 Å². The molecule has 1 heterocycles. The van der Waals surface area contributed by atoms with Crippen molar-refractivity contribution in [1.82, 2.24) is 5.32 Å². The van der Waals surface area contributed by atoms with Crippen molar-refractivity contribution in [2.45, 2.75) is 18.9 Å². The molecule has 1 N–H and O–H groups in total. The molecule has 5 nitrogen and oxygen atoms in total. The van der Waals surface area contributed by atoms with Gasteiger partial charge in [0.15, 0.2) is 11.6 Å². The number of fused-ring (bicyclic) bond motifs is 4. The molecule has 0 aromatic heterocycles. The fourth-order valence-electron chi connectivity index (χ4n) is 6.19. The van der Waals surface area contributed by atoms with Crippen LogP contribution in [0.15, 0.2) is 108 Å². The highest BCUT2D eigenvalue weighted by Crippen LogP contribution is 2.57. The third kappa shape index (κ3) is 2.71. The molecule has 1 atom stereocenters. The van der Waals surface area contributed by atoms with Crippen molar-refractivity contribution in [3.8, 4) is 0 Å². The lowest BCUT2D eigenvalue weighted by Gasteiger charge is -2.37. The number of ether oxygens (including phenoxy) is 1. The van der Waals surface area contributed by atoms with Crippen molar-refractivity contribution >= 4 is 34.0 Å². The molecule has 2 aliphatic carbocycles. The number of dihydropyridines is 1. The standard InChI is InChI=1S/C32H21NO4/c1-18-26(31(36)37-17-19-9-3-2-4-10-19)32(27-28(33-18)21-13-5-6-14-22(21)29(27)34)24-16-8-12-20-11-7-15-23(25(20)24)30(32)35/h2-16,33H,17H2,1H3. The average Bonchev–Trinajstić information content (AvgIpc) is 3.34. The van der Waals surface area contributed by atoms with E-state index in [1.54, 1.807) is 19.1 Å². The minimum atomic E-state index is -1.60. The van der Waals surface area contributed by atoms with Crippen LogP contribution in [-0.2, 0) is 21.6 Å². The van der Waals surface area contributed by atoms with Crippen LogP contribution in [0, 0.1) is 0 Å². The zero-order chi connectivity index (χ0) is 25.3. The molecule has 0 saturated carbocycles. The number of ketones is 2. The Morgan fingerprint density at radius 3 is 2.27 bits per heavy atom. The van der Waals surface area contributed by atoms with Crippen molar-refractivity contribution in [3.05, 3.63) is 136 Å². The van der Waals surface area contributed by atoms with Gasteiger partial charge in [0, 0.05) is 28.0 Å². The predicted molar refractivity (Wildman–Crippen MR) is 140 cm³/mol. The van der Waals surface area contributed by atoms with Gasteiger partial charge in [0.1, 0.15) is 12.0 Å². The molecule has 7 rings (SSSR count). The molecule has 0 radical (unpaired) electrons. The van der Waals surface area contributed by atoms with Gasteiger partial charge >= 0.3 is 5.97 Å². The molecule has 5 heteroatoms. The van der Waals surface area contributed by atoms with Crippen LogP contribution in [0.25, 0.3) is 16.5 Å². The van der Waals surface area contributed by atoms with Crippen molar-refractivity contribution in [2.75, 3.05) is 0 Å². The molecule has 37 heavy (non-hydrogen) atoms. The minimum Gasteiger partial charge on any atom is -0.457 e. The SMILES string of the molecule is CC1=C(C(=O)OCc2ccccc2)C2(C(=O)c3cccc4cccc2c34)C2=C(N1)c1ccccc1C2=O. The summed E-state index contributed by atoms with van der Waals surface area (Å²) in [6.45, 7) is 1.82.